The molecule has 14 heavy (non-hydrogen) atoms. The smallest absolute Gasteiger partial charge is 0.240 e. The van der Waals surface area contributed by atoms with Gasteiger partial charge in [0.15, 0.2) is 0 Å². The predicted molar refractivity (Wildman–Crippen MR) is 51.6 cm³/mol. The molecule has 0 aliphatic heterocycles. The molecular formula is C9H9BrF3N. The number of alkyl halides is 2. The second-order valence-electron chi connectivity index (χ2n) is 2.90. The fourth-order valence-electron chi connectivity index (χ4n) is 1.12. The molecule has 0 aliphatic rings. The Hall–Kier alpha value is -0.550. The lowest BCUT2D eigenvalue weighted by molar-refractivity contribution is 0.128. The van der Waals surface area contributed by atoms with Gasteiger partial charge in [-0.05, 0) is 17.7 Å². The molecule has 1 nitrogen and oxygen atoms in total. The summed E-state index contributed by atoms with van der Waals surface area (Å²) >= 11 is 3.07. The van der Waals surface area contributed by atoms with E-state index in [9.17, 15) is 13.2 Å². The van der Waals surface area contributed by atoms with Gasteiger partial charge >= 0.3 is 0 Å². The molecule has 0 heterocycles. The average molecular weight is 268 g/mol. The van der Waals surface area contributed by atoms with Crippen molar-refractivity contribution >= 4 is 15.9 Å². The molecule has 0 amide bonds. The Kier molecular flexibility index (Phi) is 3.95. The number of rotatable bonds is 3. The average Bonchev–Trinajstić information content (AvgIpc) is 2.01. The zero-order valence-corrected chi connectivity index (χ0v) is 8.77. The van der Waals surface area contributed by atoms with Gasteiger partial charge in [0, 0.05) is 16.9 Å². The maximum Gasteiger partial charge on any atom is 0.240 e. The number of benzene rings is 1. The predicted octanol–water partition coefficient (Wildman–Crippen LogP) is 3.24. The molecule has 0 bridgehead atoms. The van der Waals surface area contributed by atoms with Crippen LogP contribution in [0, 0.1) is 5.82 Å². The Labute approximate surface area is 88.2 Å². The van der Waals surface area contributed by atoms with E-state index in [1.165, 1.54) is 18.2 Å². The van der Waals surface area contributed by atoms with Crippen LogP contribution in [0.2, 0.25) is 0 Å². The van der Waals surface area contributed by atoms with Crippen LogP contribution in [0.1, 0.15) is 18.0 Å². The van der Waals surface area contributed by atoms with Crippen LogP contribution < -0.4 is 5.73 Å². The van der Waals surface area contributed by atoms with Gasteiger partial charge in [-0.3, -0.25) is 0 Å². The van der Waals surface area contributed by atoms with Crippen molar-refractivity contribution in [2.75, 3.05) is 0 Å². The number of halogens is 4. The Balaban J connectivity index is 2.84. The minimum absolute atomic E-state index is 0.422. The number of hydrogen-bond acceptors (Lipinski definition) is 1. The highest BCUT2D eigenvalue weighted by atomic mass is 79.9. The van der Waals surface area contributed by atoms with E-state index < -0.39 is 24.7 Å². The third-order valence-corrected chi connectivity index (χ3v) is 2.48. The summed E-state index contributed by atoms with van der Waals surface area (Å²) in [5, 5.41) is 0. The van der Waals surface area contributed by atoms with Gasteiger partial charge in [-0.15, -0.1) is 0 Å². The lowest BCUT2D eigenvalue weighted by Gasteiger charge is -2.13. The molecule has 5 heteroatoms. The summed E-state index contributed by atoms with van der Waals surface area (Å²) in [5.41, 5.74) is 6.01. The van der Waals surface area contributed by atoms with E-state index in [1.807, 2.05) is 0 Å². The van der Waals surface area contributed by atoms with Gasteiger partial charge < -0.3 is 5.73 Å². The number of hydrogen-bond donors (Lipinski definition) is 1. The fourth-order valence-corrected chi connectivity index (χ4v) is 1.77. The molecular weight excluding hydrogens is 259 g/mol. The maximum absolute atomic E-state index is 12.7. The topological polar surface area (TPSA) is 26.0 Å². The molecule has 0 unspecified atom stereocenters. The molecule has 1 rings (SSSR count). The van der Waals surface area contributed by atoms with E-state index in [1.54, 1.807) is 0 Å². The third kappa shape index (κ3) is 2.99. The molecule has 0 fully saturated rings. The van der Waals surface area contributed by atoms with Gasteiger partial charge in [0.25, 0.3) is 0 Å². The molecule has 0 saturated carbocycles. The zero-order valence-electron chi connectivity index (χ0n) is 7.18. The van der Waals surface area contributed by atoms with Gasteiger partial charge in [-0.25, -0.2) is 13.2 Å². The lowest BCUT2D eigenvalue weighted by atomic mass is 10.1. The van der Waals surface area contributed by atoms with Gasteiger partial charge in [0.1, 0.15) is 5.82 Å². The van der Waals surface area contributed by atoms with Crippen molar-refractivity contribution in [1.29, 1.82) is 0 Å². The summed E-state index contributed by atoms with van der Waals surface area (Å²) in [6.45, 7) is 0. The first kappa shape index (κ1) is 11.5. The Bertz CT molecular complexity index is 317. The standard InChI is InChI=1S/C9H9BrF3N/c10-7-3-5(11)1-2-6(7)8(14)4-9(12)13/h1-3,8-9H,4,14H2/t8-/m0/s1. The molecule has 0 radical (unpaired) electrons. The minimum Gasteiger partial charge on any atom is -0.324 e. The quantitative estimate of drug-likeness (QED) is 0.894. The van der Waals surface area contributed by atoms with Crippen molar-refractivity contribution in [2.45, 2.75) is 18.9 Å². The Morgan fingerprint density at radius 2 is 2.00 bits per heavy atom. The van der Waals surface area contributed by atoms with Crippen LogP contribution in [0.3, 0.4) is 0 Å². The van der Waals surface area contributed by atoms with Gasteiger partial charge in [-0.1, -0.05) is 22.0 Å². The molecule has 0 spiro atoms. The van der Waals surface area contributed by atoms with Crippen molar-refractivity contribution in [3.8, 4) is 0 Å². The van der Waals surface area contributed by atoms with E-state index in [2.05, 4.69) is 15.9 Å². The van der Waals surface area contributed by atoms with Crippen molar-refractivity contribution in [3.05, 3.63) is 34.1 Å². The van der Waals surface area contributed by atoms with Crippen LogP contribution in [0.15, 0.2) is 22.7 Å². The summed E-state index contributed by atoms with van der Waals surface area (Å²) in [7, 11) is 0. The van der Waals surface area contributed by atoms with E-state index in [0.717, 1.165) is 0 Å². The van der Waals surface area contributed by atoms with Crippen LogP contribution >= 0.6 is 15.9 Å². The van der Waals surface area contributed by atoms with Crippen LogP contribution in [0.25, 0.3) is 0 Å². The van der Waals surface area contributed by atoms with Crippen LogP contribution in [-0.2, 0) is 0 Å². The third-order valence-electron chi connectivity index (χ3n) is 1.79. The first-order chi connectivity index (χ1) is 6.50. The van der Waals surface area contributed by atoms with E-state index in [-0.39, 0.29) is 0 Å². The normalized spacial score (nSPS) is 13.3. The van der Waals surface area contributed by atoms with E-state index >= 15 is 0 Å². The van der Waals surface area contributed by atoms with Crippen molar-refractivity contribution in [1.82, 2.24) is 0 Å². The summed E-state index contributed by atoms with van der Waals surface area (Å²) in [5.74, 6) is -0.426. The highest BCUT2D eigenvalue weighted by molar-refractivity contribution is 9.10. The molecule has 0 aromatic heterocycles. The van der Waals surface area contributed by atoms with Gasteiger partial charge in [-0.2, -0.15) is 0 Å². The van der Waals surface area contributed by atoms with Crippen molar-refractivity contribution < 1.29 is 13.2 Å². The Morgan fingerprint density at radius 3 is 2.50 bits per heavy atom. The fraction of sp³-hybridized carbons (Fsp3) is 0.333. The van der Waals surface area contributed by atoms with Gasteiger partial charge in [0.05, 0.1) is 0 Å². The molecule has 0 aliphatic carbocycles. The molecule has 78 valence electrons. The SMILES string of the molecule is N[C@@H](CC(F)F)c1ccc(F)cc1Br. The summed E-state index contributed by atoms with van der Waals surface area (Å²) in [4.78, 5) is 0. The first-order valence-electron chi connectivity index (χ1n) is 3.99. The highest BCUT2D eigenvalue weighted by Crippen LogP contribution is 2.26. The van der Waals surface area contributed by atoms with E-state index in [4.69, 9.17) is 5.73 Å². The second kappa shape index (κ2) is 4.79. The van der Waals surface area contributed by atoms with Crippen LogP contribution in [0.4, 0.5) is 13.2 Å². The maximum atomic E-state index is 12.7. The monoisotopic (exact) mass is 267 g/mol. The summed E-state index contributed by atoms with van der Waals surface area (Å²) in [6, 6.07) is 3.04. The Morgan fingerprint density at radius 1 is 1.36 bits per heavy atom. The highest BCUT2D eigenvalue weighted by Gasteiger charge is 2.15. The minimum atomic E-state index is -2.46. The molecule has 1 atom stereocenters. The molecule has 2 N–H and O–H groups in total. The second-order valence-corrected chi connectivity index (χ2v) is 3.75. The van der Waals surface area contributed by atoms with Crippen molar-refractivity contribution in [3.63, 3.8) is 0 Å². The zero-order chi connectivity index (χ0) is 10.7. The molecule has 1 aromatic carbocycles. The summed E-state index contributed by atoms with van der Waals surface area (Å²) in [6.07, 6.45) is -2.88. The lowest BCUT2D eigenvalue weighted by Crippen LogP contribution is -2.14. The number of nitrogens with two attached hydrogens (primary N) is 1. The van der Waals surface area contributed by atoms with Crippen LogP contribution in [-0.4, -0.2) is 6.43 Å². The largest absolute Gasteiger partial charge is 0.324 e. The first-order valence-corrected chi connectivity index (χ1v) is 4.78. The van der Waals surface area contributed by atoms with E-state index in [0.29, 0.717) is 10.0 Å². The van der Waals surface area contributed by atoms with Crippen LogP contribution in [0.5, 0.6) is 0 Å². The van der Waals surface area contributed by atoms with Gasteiger partial charge in [0.2, 0.25) is 6.43 Å². The molecule has 0 saturated heterocycles. The summed E-state index contributed by atoms with van der Waals surface area (Å²) < 4.78 is 37.1. The molecule has 1 aromatic rings. The van der Waals surface area contributed by atoms with Crippen molar-refractivity contribution in [2.24, 2.45) is 5.73 Å².